The Morgan fingerprint density at radius 1 is 1.20 bits per heavy atom. The van der Waals surface area contributed by atoms with Crippen LogP contribution in [0.4, 0.5) is 8.78 Å². The molecule has 0 atom stereocenters. The van der Waals surface area contributed by atoms with Crippen molar-refractivity contribution in [2.75, 3.05) is 13.1 Å². The van der Waals surface area contributed by atoms with E-state index in [4.69, 9.17) is 0 Å². The Balaban J connectivity index is 1.91. The summed E-state index contributed by atoms with van der Waals surface area (Å²) in [6.07, 6.45) is -0.0443. The highest BCUT2D eigenvalue weighted by atomic mass is 19.3. The van der Waals surface area contributed by atoms with Crippen molar-refractivity contribution in [3.8, 4) is 0 Å². The van der Waals surface area contributed by atoms with Crippen LogP contribution in [0.1, 0.15) is 18.4 Å². The highest BCUT2D eigenvalue weighted by Crippen LogP contribution is 2.47. The molecule has 0 aromatic heterocycles. The number of hydrogen-bond acceptors (Lipinski definition) is 1. The second kappa shape index (κ2) is 4.27. The lowest BCUT2D eigenvalue weighted by atomic mass is 9.96. The minimum absolute atomic E-state index is 0.135. The zero-order chi connectivity index (χ0) is 10.7. The van der Waals surface area contributed by atoms with Crippen LogP contribution in [0.15, 0.2) is 30.3 Å². The first-order valence-corrected chi connectivity index (χ1v) is 5.27. The Morgan fingerprint density at radius 3 is 2.40 bits per heavy atom. The number of benzene rings is 1. The van der Waals surface area contributed by atoms with Crippen LogP contribution in [0.2, 0.25) is 0 Å². The molecule has 2 rings (SSSR count). The SMILES string of the molecule is FC(F)CNCC1(c2ccccc2)CC1. The van der Waals surface area contributed by atoms with E-state index in [1.165, 1.54) is 5.56 Å². The minimum Gasteiger partial charge on any atom is -0.311 e. The van der Waals surface area contributed by atoms with Crippen LogP contribution in [0.3, 0.4) is 0 Å². The molecule has 1 N–H and O–H groups in total. The fourth-order valence-corrected chi connectivity index (χ4v) is 1.93. The number of hydrogen-bond donors (Lipinski definition) is 1. The van der Waals surface area contributed by atoms with Crippen LogP contribution in [0.5, 0.6) is 0 Å². The second-order valence-corrected chi connectivity index (χ2v) is 4.17. The standard InChI is InChI=1S/C12H15F2N/c13-11(14)8-15-9-12(6-7-12)10-4-2-1-3-5-10/h1-5,11,15H,6-9H2. The highest BCUT2D eigenvalue weighted by Gasteiger charge is 2.43. The van der Waals surface area contributed by atoms with Gasteiger partial charge in [0, 0.05) is 12.0 Å². The van der Waals surface area contributed by atoms with Crippen molar-refractivity contribution in [2.24, 2.45) is 0 Å². The number of rotatable bonds is 5. The van der Waals surface area contributed by atoms with E-state index in [9.17, 15) is 8.78 Å². The zero-order valence-corrected chi connectivity index (χ0v) is 8.55. The molecule has 82 valence electrons. The molecule has 1 aromatic rings. The maximum atomic E-state index is 12.0. The van der Waals surface area contributed by atoms with E-state index in [2.05, 4.69) is 17.4 Å². The maximum Gasteiger partial charge on any atom is 0.250 e. The Morgan fingerprint density at radius 2 is 1.87 bits per heavy atom. The lowest BCUT2D eigenvalue weighted by Gasteiger charge is -2.16. The summed E-state index contributed by atoms with van der Waals surface area (Å²) >= 11 is 0. The Kier molecular flexibility index (Phi) is 3.00. The van der Waals surface area contributed by atoms with Crippen LogP contribution < -0.4 is 5.32 Å². The summed E-state index contributed by atoms with van der Waals surface area (Å²) in [5, 5.41) is 2.84. The summed E-state index contributed by atoms with van der Waals surface area (Å²) in [7, 11) is 0. The first kappa shape index (κ1) is 10.6. The van der Waals surface area contributed by atoms with Crippen LogP contribution in [-0.2, 0) is 5.41 Å². The van der Waals surface area contributed by atoms with Crippen molar-refractivity contribution in [2.45, 2.75) is 24.7 Å². The number of halogens is 2. The van der Waals surface area contributed by atoms with Crippen molar-refractivity contribution in [1.29, 1.82) is 0 Å². The third-order valence-corrected chi connectivity index (χ3v) is 3.00. The maximum absolute atomic E-state index is 12.0. The number of nitrogens with one attached hydrogen (secondary N) is 1. The van der Waals surface area contributed by atoms with Crippen LogP contribution in [0, 0.1) is 0 Å². The van der Waals surface area contributed by atoms with Gasteiger partial charge in [0.25, 0.3) is 6.43 Å². The molecule has 3 heteroatoms. The average Bonchev–Trinajstić information content (AvgIpc) is 3.00. The van der Waals surface area contributed by atoms with Crippen molar-refractivity contribution < 1.29 is 8.78 Å². The van der Waals surface area contributed by atoms with Gasteiger partial charge in [-0.2, -0.15) is 0 Å². The molecule has 0 aliphatic heterocycles. The molecular formula is C12H15F2N. The van der Waals surface area contributed by atoms with Gasteiger partial charge >= 0.3 is 0 Å². The smallest absolute Gasteiger partial charge is 0.250 e. The van der Waals surface area contributed by atoms with E-state index >= 15 is 0 Å². The summed E-state index contributed by atoms with van der Waals surface area (Å²) < 4.78 is 23.9. The predicted octanol–water partition coefficient (Wildman–Crippen LogP) is 2.57. The fraction of sp³-hybridized carbons (Fsp3) is 0.500. The van der Waals surface area contributed by atoms with Gasteiger partial charge in [-0.1, -0.05) is 30.3 Å². The van der Waals surface area contributed by atoms with Crippen molar-refractivity contribution in [3.63, 3.8) is 0 Å². The van der Waals surface area contributed by atoms with Gasteiger partial charge in [-0.05, 0) is 18.4 Å². The fourth-order valence-electron chi connectivity index (χ4n) is 1.93. The van der Waals surface area contributed by atoms with Crippen molar-refractivity contribution in [3.05, 3.63) is 35.9 Å². The zero-order valence-electron chi connectivity index (χ0n) is 8.55. The summed E-state index contributed by atoms with van der Waals surface area (Å²) in [6, 6.07) is 10.1. The monoisotopic (exact) mass is 211 g/mol. The molecule has 0 unspecified atom stereocenters. The van der Waals surface area contributed by atoms with Crippen molar-refractivity contribution in [1.82, 2.24) is 5.32 Å². The molecule has 1 saturated carbocycles. The van der Waals surface area contributed by atoms with Gasteiger partial charge in [0.15, 0.2) is 0 Å². The van der Waals surface area contributed by atoms with E-state index in [0.717, 1.165) is 12.8 Å². The topological polar surface area (TPSA) is 12.0 Å². The molecule has 1 aliphatic rings. The van der Waals surface area contributed by atoms with E-state index in [0.29, 0.717) is 6.54 Å². The summed E-state index contributed by atoms with van der Waals surface area (Å²) in [5.74, 6) is 0. The van der Waals surface area contributed by atoms with Crippen molar-refractivity contribution >= 4 is 0 Å². The van der Waals surface area contributed by atoms with Gasteiger partial charge < -0.3 is 5.32 Å². The van der Waals surface area contributed by atoms with E-state index in [1.807, 2.05) is 18.2 Å². The molecule has 1 fully saturated rings. The molecule has 0 saturated heterocycles. The first-order chi connectivity index (χ1) is 7.23. The van der Waals surface area contributed by atoms with Crippen LogP contribution in [-0.4, -0.2) is 19.5 Å². The Hall–Kier alpha value is -0.960. The largest absolute Gasteiger partial charge is 0.311 e. The van der Waals surface area contributed by atoms with Crippen LogP contribution >= 0.6 is 0 Å². The lowest BCUT2D eigenvalue weighted by molar-refractivity contribution is 0.145. The molecule has 0 amide bonds. The molecule has 0 spiro atoms. The van der Waals surface area contributed by atoms with Gasteiger partial charge in [-0.15, -0.1) is 0 Å². The Bertz CT molecular complexity index is 307. The Labute approximate surface area is 88.5 Å². The van der Waals surface area contributed by atoms with Gasteiger partial charge in [0.05, 0.1) is 6.54 Å². The molecule has 0 heterocycles. The quantitative estimate of drug-likeness (QED) is 0.789. The van der Waals surface area contributed by atoms with Crippen LogP contribution in [0.25, 0.3) is 0 Å². The van der Waals surface area contributed by atoms with Gasteiger partial charge in [-0.3, -0.25) is 0 Å². The molecule has 0 radical (unpaired) electrons. The normalized spacial score (nSPS) is 18.1. The van der Waals surface area contributed by atoms with Gasteiger partial charge in [0.1, 0.15) is 0 Å². The van der Waals surface area contributed by atoms with Gasteiger partial charge in [-0.25, -0.2) is 8.78 Å². The van der Waals surface area contributed by atoms with E-state index in [1.54, 1.807) is 0 Å². The highest BCUT2D eigenvalue weighted by molar-refractivity contribution is 5.31. The third-order valence-electron chi connectivity index (χ3n) is 3.00. The minimum atomic E-state index is -2.25. The molecular weight excluding hydrogens is 196 g/mol. The molecule has 1 aromatic carbocycles. The van der Waals surface area contributed by atoms with Gasteiger partial charge in [0.2, 0.25) is 0 Å². The summed E-state index contributed by atoms with van der Waals surface area (Å²) in [5.41, 5.74) is 1.41. The van der Waals surface area contributed by atoms with E-state index < -0.39 is 6.43 Å². The predicted molar refractivity (Wildman–Crippen MR) is 56.2 cm³/mol. The first-order valence-electron chi connectivity index (χ1n) is 5.27. The second-order valence-electron chi connectivity index (χ2n) is 4.17. The lowest BCUT2D eigenvalue weighted by Crippen LogP contribution is -2.30. The molecule has 15 heavy (non-hydrogen) atoms. The molecule has 0 bridgehead atoms. The average molecular weight is 211 g/mol. The number of alkyl halides is 2. The summed E-state index contributed by atoms with van der Waals surface area (Å²) in [4.78, 5) is 0. The summed E-state index contributed by atoms with van der Waals surface area (Å²) in [6.45, 7) is 0.468. The molecule has 1 aliphatic carbocycles. The third kappa shape index (κ3) is 2.53. The van der Waals surface area contributed by atoms with E-state index in [-0.39, 0.29) is 12.0 Å². The molecule has 1 nitrogen and oxygen atoms in total.